The van der Waals surface area contributed by atoms with Crippen molar-refractivity contribution in [3.05, 3.63) is 34.9 Å². The fourth-order valence-electron chi connectivity index (χ4n) is 2.04. The summed E-state index contributed by atoms with van der Waals surface area (Å²) in [5.41, 5.74) is 9.59. The maximum absolute atomic E-state index is 9.14. The fourth-order valence-corrected chi connectivity index (χ4v) is 2.04. The van der Waals surface area contributed by atoms with Gasteiger partial charge in [0.1, 0.15) is 0 Å². The Morgan fingerprint density at radius 2 is 2.31 bits per heavy atom. The van der Waals surface area contributed by atoms with Crippen molar-refractivity contribution < 1.29 is 5.11 Å². The van der Waals surface area contributed by atoms with E-state index in [0.29, 0.717) is 0 Å². The van der Waals surface area contributed by atoms with E-state index in [0.717, 1.165) is 24.8 Å². The number of aryl methyl sites for hydroxylation is 1. The van der Waals surface area contributed by atoms with E-state index < -0.39 is 0 Å². The molecule has 2 heteroatoms. The molecule has 0 fully saturated rings. The first kappa shape index (κ1) is 8.73. The number of benzene rings is 1. The predicted octanol–water partition coefficient (Wildman–Crippen LogP) is 0.995. The summed E-state index contributed by atoms with van der Waals surface area (Å²) >= 11 is 0. The van der Waals surface area contributed by atoms with Crippen molar-refractivity contribution in [2.24, 2.45) is 5.73 Å². The summed E-state index contributed by atoms with van der Waals surface area (Å²) in [6.07, 6.45) is 3.05. The van der Waals surface area contributed by atoms with Crippen molar-refractivity contribution in [3.63, 3.8) is 0 Å². The Morgan fingerprint density at radius 1 is 1.46 bits per heavy atom. The Labute approximate surface area is 78.4 Å². The van der Waals surface area contributed by atoms with E-state index in [1.165, 1.54) is 11.1 Å². The van der Waals surface area contributed by atoms with Gasteiger partial charge in [0, 0.05) is 6.04 Å². The highest BCUT2D eigenvalue weighted by Gasteiger charge is 2.17. The second-order valence-corrected chi connectivity index (χ2v) is 3.72. The molecule has 0 radical (unpaired) electrons. The molecule has 2 rings (SSSR count). The summed E-state index contributed by atoms with van der Waals surface area (Å²) in [5.74, 6) is 0. The second-order valence-electron chi connectivity index (χ2n) is 3.72. The SMILES string of the molecule is NC1CCc2cccc(CO)c2C1. The Hall–Kier alpha value is -0.860. The van der Waals surface area contributed by atoms with Crippen LogP contribution in [0.3, 0.4) is 0 Å². The minimum Gasteiger partial charge on any atom is -0.392 e. The lowest BCUT2D eigenvalue weighted by Gasteiger charge is -2.23. The zero-order valence-electron chi connectivity index (χ0n) is 7.66. The lowest BCUT2D eigenvalue weighted by molar-refractivity contribution is 0.279. The normalized spacial score (nSPS) is 21.2. The molecule has 1 aromatic rings. The minimum atomic E-state index is 0.135. The molecule has 0 amide bonds. The molecule has 0 aromatic heterocycles. The van der Waals surface area contributed by atoms with Crippen LogP contribution in [-0.4, -0.2) is 11.1 Å². The monoisotopic (exact) mass is 177 g/mol. The molecule has 0 saturated heterocycles. The van der Waals surface area contributed by atoms with Crippen LogP contribution in [0.4, 0.5) is 0 Å². The van der Waals surface area contributed by atoms with Gasteiger partial charge in [-0.05, 0) is 36.0 Å². The summed E-state index contributed by atoms with van der Waals surface area (Å²) in [5, 5.41) is 9.14. The molecule has 1 aliphatic carbocycles. The Kier molecular flexibility index (Phi) is 2.34. The van der Waals surface area contributed by atoms with Gasteiger partial charge in [0.2, 0.25) is 0 Å². The highest BCUT2D eigenvalue weighted by molar-refractivity contribution is 5.37. The Morgan fingerprint density at radius 3 is 3.08 bits per heavy atom. The van der Waals surface area contributed by atoms with Gasteiger partial charge >= 0.3 is 0 Å². The Bertz CT molecular complexity index is 295. The van der Waals surface area contributed by atoms with Gasteiger partial charge in [-0.1, -0.05) is 18.2 Å². The van der Waals surface area contributed by atoms with Crippen LogP contribution in [0.15, 0.2) is 18.2 Å². The van der Waals surface area contributed by atoms with Crippen LogP contribution in [0.2, 0.25) is 0 Å². The molecule has 1 aliphatic rings. The van der Waals surface area contributed by atoms with E-state index in [1.54, 1.807) is 0 Å². The van der Waals surface area contributed by atoms with Crippen molar-refractivity contribution in [1.82, 2.24) is 0 Å². The smallest absolute Gasteiger partial charge is 0.0684 e. The summed E-state index contributed by atoms with van der Waals surface area (Å²) in [4.78, 5) is 0. The average Bonchev–Trinajstić information content (AvgIpc) is 2.17. The first-order valence-electron chi connectivity index (χ1n) is 4.77. The van der Waals surface area contributed by atoms with Crippen molar-refractivity contribution >= 4 is 0 Å². The van der Waals surface area contributed by atoms with Crippen LogP contribution >= 0.6 is 0 Å². The van der Waals surface area contributed by atoms with Crippen LogP contribution in [0.5, 0.6) is 0 Å². The van der Waals surface area contributed by atoms with Gasteiger partial charge in [0.15, 0.2) is 0 Å². The lowest BCUT2D eigenvalue weighted by atomic mass is 9.86. The zero-order chi connectivity index (χ0) is 9.26. The Balaban J connectivity index is 2.41. The van der Waals surface area contributed by atoms with Crippen LogP contribution < -0.4 is 5.73 Å². The second kappa shape index (κ2) is 3.48. The molecule has 1 atom stereocenters. The van der Waals surface area contributed by atoms with Crippen LogP contribution in [0, 0.1) is 0 Å². The molecule has 0 spiro atoms. The van der Waals surface area contributed by atoms with Crippen LogP contribution in [-0.2, 0) is 19.4 Å². The molecule has 70 valence electrons. The van der Waals surface area contributed by atoms with Gasteiger partial charge in [-0.3, -0.25) is 0 Å². The number of fused-ring (bicyclic) bond motifs is 1. The third kappa shape index (κ3) is 1.60. The molecule has 1 unspecified atom stereocenters. The van der Waals surface area contributed by atoms with Gasteiger partial charge in [0.05, 0.1) is 6.61 Å². The van der Waals surface area contributed by atoms with E-state index in [-0.39, 0.29) is 12.6 Å². The first-order valence-corrected chi connectivity index (χ1v) is 4.77. The highest BCUT2D eigenvalue weighted by Crippen LogP contribution is 2.23. The molecule has 0 saturated carbocycles. The fraction of sp³-hybridized carbons (Fsp3) is 0.455. The number of aliphatic hydroxyl groups excluding tert-OH is 1. The zero-order valence-corrected chi connectivity index (χ0v) is 7.66. The van der Waals surface area contributed by atoms with E-state index in [4.69, 9.17) is 10.8 Å². The van der Waals surface area contributed by atoms with Gasteiger partial charge < -0.3 is 10.8 Å². The summed E-state index contributed by atoms with van der Waals surface area (Å²) < 4.78 is 0. The number of hydrogen-bond acceptors (Lipinski definition) is 2. The molecule has 0 heterocycles. The van der Waals surface area contributed by atoms with E-state index >= 15 is 0 Å². The number of rotatable bonds is 1. The maximum Gasteiger partial charge on any atom is 0.0684 e. The number of aliphatic hydroxyl groups is 1. The van der Waals surface area contributed by atoms with E-state index in [9.17, 15) is 0 Å². The van der Waals surface area contributed by atoms with E-state index in [2.05, 4.69) is 6.07 Å². The van der Waals surface area contributed by atoms with Gasteiger partial charge in [-0.25, -0.2) is 0 Å². The molecular weight excluding hydrogens is 162 g/mol. The largest absolute Gasteiger partial charge is 0.392 e. The quantitative estimate of drug-likeness (QED) is 0.672. The van der Waals surface area contributed by atoms with Gasteiger partial charge in [-0.2, -0.15) is 0 Å². The molecule has 0 bridgehead atoms. The van der Waals surface area contributed by atoms with Gasteiger partial charge in [-0.15, -0.1) is 0 Å². The average molecular weight is 177 g/mol. The predicted molar refractivity (Wildman–Crippen MR) is 52.4 cm³/mol. The van der Waals surface area contributed by atoms with Crippen molar-refractivity contribution in [2.75, 3.05) is 0 Å². The number of hydrogen-bond donors (Lipinski definition) is 2. The van der Waals surface area contributed by atoms with E-state index in [1.807, 2.05) is 12.1 Å². The first-order chi connectivity index (χ1) is 6.31. The number of nitrogens with two attached hydrogens (primary N) is 1. The van der Waals surface area contributed by atoms with Crippen molar-refractivity contribution in [3.8, 4) is 0 Å². The molecule has 13 heavy (non-hydrogen) atoms. The third-order valence-corrected chi connectivity index (χ3v) is 2.79. The lowest BCUT2D eigenvalue weighted by Crippen LogP contribution is -2.28. The van der Waals surface area contributed by atoms with Crippen molar-refractivity contribution in [2.45, 2.75) is 31.9 Å². The minimum absolute atomic E-state index is 0.135. The van der Waals surface area contributed by atoms with Gasteiger partial charge in [0.25, 0.3) is 0 Å². The van der Waals surface area contributed by atoms with Crippen LogP contribution in [0.1, 0.15) is 23.1 Å². The topological polar surface area (TPSA) is 46.2 Å². The molecular formula is C11H15NO. The third-order valence-electron chi connectivity index (χ3n) is 2.79. The summed E-state index contributed by atoms with van der Waals surface area (Å²) in [7, 11) is 0. The molecule has 3 N–H and O–H groups in total. The molecule has 1 aromatic carbocycles. The standard InChI is InChI=1S/C11H15NO/c12-10-5-4-8-2-1-3-9(7-13)11(8)6-10/h1-3,10,13H,4-7,12H2. The highest BCUT2D eigenvalue weighted by atomic mass is 16.3. The molecule has 0 aliphatic heterocycles. The summed E-state index contributed by atoms with van der Waals surface area (Å²) in [6.45, 7) is 0.135. The molecule has 2 nitrogen and oxygen atoms in total. The van der Waals surface area contributed by atoms with Crippen molar-refractivity contribution in [1.29, 1.82) is 0 Å². The summed E-state index contributed by atoms with van der Waals surface area (Å²) in [6, 6.07) is 6.42. The van der Waals surface area contributed by atoms with Crippen LogP contribution in [0.25, 0.3) is 0 Å². The maximum atomic E-state index is 9.14.